The Morgan fingerprint density at radius 3 is 2.45 bits per heavy atom. The highest BCUT2D eigenvalue weighted by Gasteiger charge is 2.32. The number of carbonyl (C=O) groups is 1. The molecular formula is C32H51N5O9S. The summed E-state index contributed by atoms with van der Waals surface area (Å²) in [6, 6.07) is 10.0. The van der Waals surface area contributed by atoms with Crippen molar-refractivity contribution in [2.45, 2.75) is 91.4 Å². The third kappa shape index (κ3) is 11.3. The number of hydrazine groups is 2. The second-order valence-corrected chi connectivity index (χ2v) is 14.7. The van der Waals surface area contributed by atoms with Crippen LogP contribution in [-0.4, -0.2) is 91.0 Å². The summed E-state index contributed by atoms with van der Waals surface area (Å²) >= 11 is 0. The minimum atomic E-state index is -3.97. The van der Waals surface area contributed by atoms with Crippen LogP contribution in [0.25, 0.3) is 0 Å². The highest BCUT2D eigenvalue weighted by Crippen LogP contribution is 2.25. The Labute approximate surface area is 277 Å². The monoisotopic (exact) mass is 681 g/mol. The zero-order valence-electron chi connectivity index (χ0n) is 28.8. The van der Waals surface area contributed by atoms with Crippen LogP contribution in [0.2, 0.25) is 0 Å². The molecule has 3 rings (SSSR count). The average Bonchev–Trinajstić information content (AvgIpc) is 3.35. The van der Waals surface area contributed by atoms with Crippen molar-refractivity contribution >= 4 is 16.2 Å². The number of carbonyl (C=O) groups excluding carboxylic acids is 1. The quantitative estimate of drug-likeness (QED) is 0.260. The summed E-state index contributed by atoms with van der Waals surface area (Å²) in [6.45, 7) is 12.3. The maximum Gasteiger partial charge on any atom is 0.425 e. The summed E-state index contributed by atoms with van der Waals surface area (Å²) in [5.74, 6) is -0.432. The highest BCUT2D eigenvalue weighted by atomic mass is 32.2. The standard InChI is InChI=1S/C32H51N5O9S/c1-9-23(2)27(18-28(43-8)36-19-24(3)29(38)37(30(36)39)31(40)45-32(4,5)6)46-47(41,42)17-13-16-35-20-26(34(7)33-35)22-44-21-25-14-11-10-12-15-25/h10-12,14-15,19,23,26-28,33H,9,13,16-18,20-22H2,1-8H3/t23-,26?,27?,28-/m1/s1. The number of likely N-dealkylation sites (N-methyl/N-ethyl adjacent to an activating group) is 1. The van der Waals surface area contributed by atoms with Gasteiger partial charge in [0.05, 0.1) is 31.1 Å². The number of nitrogens with zero attached hydrogens (tertiary/aromatic N) is 4. The van der Waals surface area contributed by atoms with Crippen LogP contribution in [0.3, 0.4) is 0 Å². The van der Waals surface area contributed by atoms with Gasteiger partial charge in [0, 0.05) is 45.4 Å². The molecule has 1 saturated heterocycles. The Hall–Kier alpha value is -2.92. The summed E-state index contributed by atoms with van der Waals surface area (Å²) in [5, 5.41) is 3.91. The third-order valence-electron chi connectivity index (χ3n) is 7.95. The minimum absolute atomic E-state index is 0.0280. The molecule has 1 fully saturated rings. The van der Waals surface area contributed by atoms with Crippen LogP contribution in [-0.2, 0) is 35.1 Å². The van der Waals surface area contributed by atoms with Gasteiger partial charge >= 0.3 is 11.8 Å². The average molecular weight is 682 g/mol. The first-order valence-corrected chi connectivity index (χ1v) is 17.5. The topological polar surface area (TPSA) is 151 Å². The van der Waals surface area contributed by atoms with E-state index in [0.717, 1.165) is 10.1 Å². The van der Waals surface area contributed by atoms with E-state index in [1.165, 1.54) is 20.2 Å². The van der Waals surface area contributed by atoms with Gasteiger partial charge in [-0.1, -0.05) is 50.6 Å². The van der Waals surface area contributed by atoms with E-state index in [-0.39, 0.29) is 29.7 Å². The summed E-state index contributed by atoms with van der Waals surface area (Å²) in [7, 11) is -0.686. The van der Waals surface area contributed by atoms with Crippen LogP contribution in [0.1, 0.15) is 71.2 Å². The van der Waals surface area contributed by atoms with Gasteiger partial charge in [-0.05, 0) is 45.6 Å². The fraction of sp³-hybridized carbons (Fsp3) is 0.656. The molecule has 0 bridgehead atoms. The molecule has 0 saturated carbocycles. The van der Waals surface area contributed by atoms with E-state index in [1.807, 2.05) is 61.2 Å². The van der Waals surface area contributed by atoms with Crippen LogP contribution < -0.4 is 16.8 Å². The van der Waals surface area contributed by atoms with Gasteiger partial charge in [-0.3, -0.25) is 13.5 Å². The van der Waals surface area contributed by atoms with E-state index in [2.05, 4.69) is 5.53 Å². The van der Waals surface area contributed by atoms with Crippen molar-refractivity contribution in [3.8, 4) is 0 Å². The smallest absolute Gasteiger partial charge is 0.425 e. The summed E-state index contributed by atoms with van der Waals surface area (Å²) < 4.78 is 50.4. The summed E-state index contributed by atoms with van der Waals surface area (Å²) in [6.07, 6.45) is -0.800. The van der Waals surface area contributed by atoms with Crippen LogP contribution in [0, 0.1) is 12.8 Å². The molecule has 0 amide bonds. The molecule has 14 nitrogen and oxygen atoms in total. The molecule has 1 aliphatic rings. The number of hydrogen-bond donors (Lipinski definition) is 1. The fourth-order valence-corrected chi connectivity index (χ4v) is 6.33. The molecule has 2 aromatic rings. The summed E-state index contributed by atoms with van der Waals surface area (Å²) in [5.41, 5.74) is 1.74. The molecule has 15 heteroatoms. The van der Waals surface area contributed by atoms with E-state index >= 15 is 0 Å². The number of methoxy groups -OCH3 is 1. The number of aryl methyl sites for hydroxylation is 1. The lowest BCUT2D eigenvalue weighted by Gasteiger charge is -2.28. The van der Waals surface area contributed by atoms with E-state index in [4.69, 9.17) is 18.4 Å². The largest absolute Gasteiger partial charge is 0.443 e. The predicted octanol–water partition coefficient (Wildman–Crippen LogP) is 3.04. The van der Waals surface area contributed by atoms with E-state index in [1.54, 1.807) is 20.8 Å². The number of hydrogen-bond acceptors (Lipinski definition) is 12. The van der Waals surface area contributed by atoms with Crippen molar-refractivity contribution in [1.29, 1.82) is 0 Å². The van der Waals surface area contributed by atoms with Crippen molar-refractivity contribution in [3.63, 3.8) is 0 Å². The first-order chi connectivity index (χ1) is 22.0. The Kier molecular flexibility index (Phi) is 13.9. The van der Waals surface area contributed by atoms with Crippen molar-refractivity contribution < 1.29 is 31.6 Å². The normalized spacial score (nSPS) is 18.3. The SMILES string of the molecule is CC[C@@H](C)C(C[C@@H](OC)n1cc(C)c(=O)n(C(=O)OC(C)(C)C)c1=O)OS(=O)(=O)CCCN1CC(COCc2ccccc2)N(C)N1. The number of aromatic nitrogens is 2. The van der Waals surface area contributed by atoms with E-state index < -0.39 is 45.4 Å². The Morgan fingerprint density at radius 1 is 1.15 bits per heavy atom. The minimum Gasteiger partial charge on any atom is -0.443 e. The third-order valence-corrected chi connectivity index (χ3v) is 9.28. The molecule has 1 N–H and O–H groups in total. The Balaban J connectivity index is 1.63. The fourth-order valence-electron chi connectivity index (χ4n) is 5.11. The van der Waals surface area contributed by atoms with Crippen molar-refractivity contribution in [2.75, 3.05) is 39.6 Å². The van der Waals surface area contributed by atoms with Crippen LogP contribution in [0.5, 0.6) is 0 Å². The molecule has 0 spiro atoms. The van der Waals surface area contributed by atoms with Crippen LogP contribution >= 0.6 is 0 Å². The van der Waals surface area contributed by atoms with Gasteiger partial charge in [0.2, 0.25) is 0 Å². The maximum atomic E-state index is 13.4. The van der Waals surface area contributed by atoms with Gasteiger partial charge in [-0.2, -0.15) is 18.5 Å². The number of nitrogens with one attached hydrogen (secondary N) is 1. The molecule has 1 aliphatic heterocycles. The zero-order chi connectivity index (χ0) is 34.9. The second kappa shape index (κ2) is 17.0. The molecule has 264 valence electrons. The molecule has 0 radical (unpaired) electrons. The highest BCUT2D eigenvalue weighted by molar-refractivity contribution is 7.86. The molecule has 1 aromatic heterocycles. The second-order valence-electron chi connectivity index (χ2n) is 13.0. The van der Waals surface area contributed by atoms with E-state index in [9.17, 15) is 22.8 Å². The molecule has 47 heavy (non-hydrogen) atoms. The molecule has 1 aromatic carbocycles. The predicted molar refractivity (Wildman–Crippen MR) is 177 cm³/mol. The molecule has 2 unspecified atom stereocenters. The molecule has 2 heterocycles. The summed E-state index contributed by atoms with van der Waals surface area (Å²) in [4.78, 5) is 38.9. The molecular weight excluding hydrogens is 630 g/mol. The van der Waals surface area contributed by atoms with Gasteiger partial charge in [-0.25, -0.2) is 19.6 Å². The van der Waals surface area contributed by atoms with Gasteiger partial charge in [0.15, 0.2) is 0 Å². The number of benzene rings is 1. The maximum absolute atomic E-state index is 13.4. The van der Waals surface area contributed by atoms with Gasteiger partial charge in [0.1, 0.15) is 11.8 Å². The number of ether oxygens (including phenoxy) is 3. The van der Waals surface area contributed by atoms with Gasteiger partial charge in [0.25, 0.3) is 15.7 Å². The Morgan fingerprint density at radius 2 is 1.83 bits per heavy atom. The first kappa shape index (κ1) is 38.5. The Bertz CT molecular complexity index is 1540. The van der Waals surface area contributed by atoms with Crippen molar-refractivity contribution in [2.24, 2.45) is 5.92 Å². The van der Waals surface area contributed by atoms with Crippen LogP contribution in [0.15, 0.2) is 46.1 Å². The van der Waals surface area contributed by atoms with Gasteiger partial charge < -0.3 is 14.2 Å². The molecule has 4 atom stereocenters. The van der Waals surface area contributed by atoms with Crippen molar-refractivity contribution in [1.82, 2.24) is 24.7 Å². The first-order valence-electron chi connectivity index (χ1n) is 15.9. The zero-order valence-corrected chi connectivity index (χ0v) is 29.6. The van der Waals surface area contributed by atoms with Gasteiger partial charge in [-0.15, -0.1) is 0 Å². The van der Waals surface area contributed by atoms with Crippen LogP contribution in [0.4, 0.5) is 4.79 Å². The molecule has 0 aliphatic carbocycles. The van der Waals surface area contributed by atoms with E-state index in [0.29, 0.717) is 43.7 Å². The number of rotatable bonds is 16. The lowest BCUT2D eigenvalue weighted by molar-refractivity contribution is -0.00992. The lowest BCUT2D eigenvalue weighted by atomic mass is 9.98. The van der Waals surface area contributed by atoms with Crippen molar-refractivity contribution in [3.05, 3.63) is 68.5 Å². The lowest BCUT2D eigenvalue weighted by Crippen LogP contribution is -2.48.